The summed E-state index contributed by atoms with van der Waals surface area (Å²) in [4.78, 5) is 10.9. The minimum atomic E-state index is -0.597. The summed E-state index contributed by atoms with van der Waals surface area (Å²) >= 11 is 3.50. The zero-order valence-corrected chi connectivity index (χ0v) is 10.2. The van der Waals surface area contributed by atoms with Crippen molar-refractivity contribution in [1.82, 2.24) is 0 Å². The summed E-state index contributed by atoms with van der Waals surface area (Å²) in [6.07, 6.45) is 2.64. The monoisotopic (exact) mass is 268 g/mol. The van der Waals surface area contributed by atoms with Gasteiger partial charge in [-0.15, -0.1) is 0 Å². The average Bonchev–Trinajstić information content (AvgIpc) is 2.63. The number of hydrogen-bond acceptors (Lipinski definition) is 2. The Morgan fingerprint density at radius 3 is 2.87 bits per heavy atom. The van der Waals surface area contributed by atoms with Crippen LogP contribution in [0.4, 0.5) is 0 Å². The van der Waals surface area contributed by atoms with Crippen LogP contribution in [0.25, 0.3) is 0 Å². The van der Waals surface area contributed by atoms with Crippen molar-refractivity contribution < 1.29 is 9.53 Å². The molecule has 1 aromatic rings. The number of carbonyl (C=O) groups excluding carboxylic acids is 1. The smallest absolute Gasteiger partial charge is 0.151 e. The van der Waals surface area contributed by atoms with Crippen LogP contribution in [0, 0.1) is 0 Å². The summed E-state index contributed by atoms with van der Waals surface area (Å²) in [5.41, 5.74) is 0.531. The van der Waals surface area contributed by atoms with Gasteiger partial charge in [-0.1, -0.05) is 34.1 Å². The van der Waals surface area contributed by atoms with Crippen LogP contribution in [0.2, 0.25) is 0 Å². The number of rotatable bonds is 2. The molecule has 1 aliphatic rings. The molecule has 0 N–H and O–H groups in total. The van der Waals surface area contributed by atoms with E-state index in [2.05, 4.69) is 15.9 Å². The number of halogens is 1. The van der Waals surface area contributed by atoms with Gasteiger partial charge in [-0.2, -0.15) is 0 Å². The van der Waals surface area contributed by atoms with E-state index >= 15 is 0 Å². The van der Waals surface area contributed by atoms with Gasteiger partial charge in [0.25, 0.3) is 0 Å². The first kappa shape index (κ1) is 10.8. The number of benzene rings is 1. The third-order valence-corrected chi connectivity index (χ3v) is 3.54. The molecule has 2 unspecified atom stereocenters. The Morgan fingerprint density at radius 1 is 1.53 bits per heavy atom. The minimum Gasteiger partial charge on any atom is -0.360 e. The summed E-state index contributed by atoms with van der Waals surface area (Å²) < 4.78 is 6.81. The summed E-state index contributed by atoms with van der Waals surface area (Å²) in [6, 6.07) is 7.99. The first-order valence-electron chi connectivity index (χ1n) is 5.03. The summed E-state index contributed by atoms with van der Waals surface area (Å²) in [6.45, 7) is 1.84. The molecule has 0 radical (unpaired) electrons. The molecule has 0 aliphatic carbocycles. The first-order valence-corrected chi connectivity index (χ1v) is 5.82. The lowest BCUT2D eigenvalue weighted by atomic mass is 10.0. The van der Waals surface area contributed by atoms with E-state index in [0.717, 1.165) is 29.2 Å². The third kappa shape index (κ3) is 2.13. The highest BCUT2D eigenvalue weighted by atomic mass is 79.9. The van der Waals surface area contributed by atoms with Crippen molar-refractivity contribution in [1.29, 1.82) is 0 Å². The van der Waals surface area contributed by atoms with Gasteiger partial charge in [0.1, 0.15) is 5.60 Å². The Hall–Kier alpha value is -0.670. The lowest BCUT2D eigenvalue weighted by Crippen LogP contribution is -2.24. The molecule has 1 heterocycles. The van der Waals surface area contributed by atoms with Gasteiger partial charge in [0.15, 0.2) is 6.29 Å². The van der Waals surface area contributed by atoms with Gasteiger partial charge in [0, 0.05) is 4.47 Å². The summed E-state index contributed by atoms with van der Waals surface area (Å²) in [7, 11) is 0. The lowest BCUT2D eigenvalue weighted by molar-refractivity contribution is -0.127. The van der Waals surface area contributed by atoms with Crippen LogP contribution in [-0.4, -0.2) is 11.9 Å². The fraction of sp³-hybridized carbons (Fsp3) is 0.417. The Labute approximate surface area is 97.8 Å². The van der Waals surface area contributed by atoms with Crippen LogP contribution in [0.3, 0.4) is 0 Å². The quantitative estimate of drug-likeness (QED) is 0.770. The third-order valence-electron chi connectivity index (χ3n) is 2.82. The Kier molecular flexibility index (Phi) is 2.94. The maximum atomic E-state index is 10.9. The van der Waals surface area contributed by atoms with E-state index in [9.17, 15) is 4.79 Å². The molecular formula is C12H13BrO2. The first-order chi connectivity index (χ1) is 7.14. The molecule has 1 fully saturated rings. The van der Waals surface area contributed by atoms with Crippen LogP contribution >= 0.6 is 15.9 Å². The molecular weight excluding hydrogens is 256 g/mol. The van der Waals surface area contributed by atoms with Gasteiger partial charge in [-0.3, -0.25) is 0 Å². The minimum absolute atomic E-state index is 0.0378. The molecule has 15 heavy (non-hydrogen) atoms. The zero-order chi connectivity index (χ0) is 10.9. The number of aldehydes is 1. The SMILES string of the molecule is CC1(C=O)CCC(c2ccccc2Br)O1. The standard InChI is InChI=1S/C12H13BrO2/c1-12(8-14)7-6-11(15-12)9-4-2-3-5-10(9)13/h2-5,8,11H,6-7H2,1H3. The maximum Gasteiger partial charge on any atom is 0.151 e. The molecule has 0 aromatic heterocycles. The Balaban J connectivity index is 2.21. The van der Waals surface area contributed by atoms with Gasteiger partial charge in [-0.05, 0) is 31.4 Å². The molecule has 3 heteroatoms. The van der Waals surface area contributed by atoms with Crippen molar-refractivity contribution in [2.24, 2.45) is 0 Å². The second kappa shape index (κ2) is 4.06. The molecule has 2 nitrogen and oxygen atoms in total. The molecule has 1 saturated heterocycles. The van der Waals surface area contributed by atoms with Gasteiger partial charge in [0.2, 0.25) is 0 Å². The van der Waals surface area contributed by atoms with Crippen molar-refractivity contribution in [3.05, 3.63) is 34.3 Å². The van der Waals surface area contributed by atoms with Gasteiger partial charge in [0.05, 0.1) is 6.10 Å². The molecule has 1 aliphatic heterocycles. The highest BCUT2D eigenvalue weighted by Crippen LogP contribution is 2.40. The van der Waals surface area contributed by atoms with E-state index in [4.69, 9.17) is 4.74 Å². The van der Waals surface area contributed by atoms with Crippen LogP contribution in [0.5, 0.6) is 0 Å². The molecule has 80 valence electrons. The lowest BCUT2D eigenvalue weighted by Gasteiger charge is -2.18. The largest absolute Gasteiger partial charge is 0.360 e. The topological polar surface area (TPSA) is 26.3 Å². The van der Waals surface area contributed by atoms with Crippen molar-refractivity contribution in [3.63, 3.8) is 0 Å². The molecule has 0 saturated carbocycles. The van der Waals surface area contributed by atoms with Gasteiger partial charge >= 0.3 is 0 Å². The van der Waals surface area contributed by atoms with E-state index in [1.165, 1.54) is 0 Å². The van der Waals surface area contributed by atoms with Gasteiger partial charge in [-0.25, -0.2) is 0 Å². The highest BCUT2D eigenvalue weighted by molar-refractivity contribution is 9.10. The predicted octanol–water partition coefficient (Wildman–Crippen LogP) is 3.26. The normalized spacial score (nSPS) is 30.4. The highest BCUT2D eigenvalue weighted by Gasteiger charge is 2.36. The second-order valence-corrected chi connectivity index (χ2v) is 4.95. The van der Waals surface area contributed by atoms with E-state index < -0.39 is 5.60 Å². The molecule has 0 spiro atoms. The molecule has 0 bridgehead atoms. The van der Waals surface area contributed by atoms with Crippen molar-refractivity contribution in [3.8, 4) is 0 Å². The molecule has 0 amide bonds. The van der Waals surface area contributed by atoms with E-state index in [1.807, 2.05) is 31.2 Å². The fourth-order valence-corrected chi connectivity index (χ4v) is 2.44. The van der Waals surface area contributed by atoms with E-state index in [-0.39, 0.29) is 6.10 Å². The number of carbonyl (C=O) groups is 1. The molecule has 2 rings (SSSR count). The Bertz CT molecular complexity index is 378. The van der Waals surface area contributed by atoms with Crippen molar-refractivity contribution >= 4 is 22.2 Å². The van der Waals surface area contributed by atoms with Gasteiger partial charge < -0.3 is 9.53 Å². The molecule has 2 atom stereocenters. The van der Waals surface area contributed by atoms with Crippen LogP contribution < -0.4 is 0 Å². The Morgan fingerprint density at radius 2 is 2.27 bits per heavy atom. The summed E-state index contributed by atoms with van der Waals surface area (Å²) in [5, 5.41) is 0. The fourth-order valence-electron chi connectivity index (χ4n) is 1.90. The van der Waals surface area contributed by atoms with E-state index in [0.29, 0.717) is 0 Å². The van der Waals surface area contributed by atoms with Crippen molar-refractivity contribution in [2.75, 3.05) is 0 Å². The van der Waals surface area contributed by atoms with Crippen LogP contribution in [0.1, 0.15) is 31.4 Å². The number of hydrogen-bond donors (Lipinski definition) is 0. The van der Waals surface area contributed by atoms with E-state index in [1.54, 1.807) is 0 Å². The average molecular weight is 269 g/mol. The summed E-state index contributed by atoms with van der Waals surface area (Å²) in [5.74, 6) is 0. The molecule has 1 aromatic carbocycles. The van der Waals surface area contributed by atoms with Crippen LogP contribution in [-0.2, 0) is 9.53 Å². The van der Waals surface area contributed by atoms with Crippen molar-refractivity contribution in [2.45, 2.75) is 31.5 Å². The zero-order valence-electron chi connectivity index (χ0n) is 8.57. The predicted molar refractivity (Wildman–Crippen MR) is 61.7 cm³/mol. The maximum absolute atomic E-state index is 10.9. The second-order valence-electron chi connectivity index (χ2n) is 4.10. The number of ether oxygens (including phenoxy) is 1. The van der Waals surface area contributed by atoms with Crippen LogP contribution in [0.15, 0.2) is 28.7 Å².